The van der Waals surface area contributed by atoms with Gasteiger partial charge < -0.3 is 14.4 Å². The fraction of sp³-hybridized carbons (Fsp3) is 0.621. The zero-order valence-corrected chi connectivity index (χ0v) is 23.6. The van der Waals surface area contributed by atoms with Crippen LogP contribution >= 0.6 is 0 Å². The number of anilines is 1. The highest BCUT2D eigenvalue weighted by molar-refractivity contribution is 5.88. The van der Waals surface area contributed by atoms with Gasteiger partial charge in [0, 0.05) is 49.6 Å². The van der Waals surface area contributed by atoms with E-state index in [1.54, 1.807) is 41.5 Å². The molecule has 2 aliphatic rings. The smallest absolute Gasteiger partial charge is 0.419 e. The first-order valence-electron chi connectivity index (χ1n) is 13.3. The second-order valence-electron chi connectivity index (χ2n) is 12.7. The summed E-state index contributed by atoms with van der Waals surface area (Å²) in [6, 6.07) is 8.70. The lowest BCUT2D eigenvalue weighted by Gasteiger charge is -2.38. The van der Waals surface area contributed by atoms with Crippen molar-refractivity contribution in [2.45, 2.75) is 90.4 Å². The highest BCUT2D eigenvalue weighted by Crippen LogP contribution is 2.47. The fourth-order valence-corrected chi connectivity index (χ4v) is 4.73. The molecule has 202 valence electrons. The summed E-state index contributed by atoms with van der Waals surface area (Å²) in [6.07, 6.45) is 4.90. The van der Waals surface area contributed by atoms with Gasteiger partial charge in [0.2, 0.25) is 0 Å². The molecule has 2 saturated carbocycles. The lowest BCUT2D eigenvalue weighted by atomic mass is 9.80. The standard InChI is InChI=1S/C29H42N4O4/c1-28(2,3)36-26(34)32(27(35)37-29(4,5)6)17-19-15-21(16-19)33-18-23(25(30-33)20-13-14-20)22-11-9-10-12-24(22)31(7)8/h9-12,18-21H,13-17H2,1-8H3. The van der Waals surface area contributed by atoms with Gasteiger partial charge in [-0.25, -0.2) is 14.5 Å². The summed E-state index contributed by atoms with van der Waals surface area (Å²) in [5, 5.41) is 5.05. The quantitative estimate of drug-likeness (QED) is 0.435. The largest absolute Gasteiger partial charge is 0.443 e. The van der Waals surface area contributed by atoms with E-state index >= 15 is 0 Å². The van der Waals surface area contributed by atoms with Gasteiger partial charge in [-0.15, -0.1) is 0 Å². The van der Waals surface area contributed by atoms with Crippen LogP contribution in [0.25, 0.3) is 11.1 Å². The minimum absolute atomic E-state index is 0.163. The van der Waals surface area contributed by atoms with E-state index in [0.717, 1.165) is 17.7 Å². The summed E-state index contributed by atoms with van der Waals surface area (Å²) < 4.78 is 13.1. The maximum atomic E-state index is 12.9. The molecule has 8 nitrogen and oxygen atoms in total. The van der Waals surface area contributed by atoms with E-state index in [0.29, 0.717) is 5.92 Å². The van der Waals surface area contributed by atoms with Crippen molar-refractivity contribution in [3.8, 4) is 11.1 Å². The van der Waals surface area contributed by atoms with Gasteiger partial charge >= 0.3 is 12.2 Å². The molecule has 8 heteroatoms. The Labute approximate surface area is 220 Å². The molecule has 0 N–H and O–H groups in total. The number of imide groups is 1. The summed E-state index contributed by atoms with van der Waals surface area (Å²) in [5.41, 5.74) is 3.37. The number of nitrogens with zero attached hydrogens (tertiary/aromatic N) is 4. The van der Waals surface area contributed by atoms with Crippen LogP contribution < -0.4 is 4.90 Å². The van der Waals surface area contributed by atoms with Crippen LogP contribution in [0.2, 0.25) is 0 Å². The van der Waals surface area contributed by atoms with Crippen LogP contribution in [0.3, 0.4) is 0 Å². The number of hydrogen-bond donors (Lipinski definition) is 0. The Bertz CT molecular complexity index is 1100. The SMILES string of the molecule is CN(C)c1ccccc1-c1cn(C2CC(CN(C(=O)OC(C)(C)C)C(=O)OC(C)(C)C)C2)nc1C1CC1. The highest BCUT2D eigenvalue weighted by Gasteiger charge is 2.39. The van der Waals surface area contributed by atoms with Crippen LogP contribution in [-0.4, -0.2) is 58.7 Å². The van der Waals surface area contributed by atoms with Crippen molar-refractivity contribution in [3.63, 3.8) is 0 Å². The van der Waals surface area contributed by atoms with E-state index in [1.807, 2.05) is 0 Å². The predicted octanol–water partition coefficient (Wildman–Crippen LogP) is 6.62. The average molecular weight is 511 g/mol. The molecule has 0 saturated heterocycles. The molecule has 0 aliphatic heterocycles. The second-order valence-corrected chi connectivity index (χ2v) is 12.7. The minimum atomic E-state index is -0.701. The van der Waals surface area contributed by atoms with E-state index in [4.69, 9.17) is 14.6 Å². The molecule has 0 spiro atoms. The number of para-hydroxylation sites is 1. The van der Waals surface area contributed by atoms with Crippen LogP contribution in [-0.2, 0) is 9.47 Å². The molecule has 2 aliphatic carbocycles. The summed E-state index contributed by atoms with van der Waals surface area (Å²) >= 11 is 0. The molecule has 37 heavy (non-hydrogen) atoms. The average Bonchev–Trinajstić information content (AvgIpc) is 3.49. The molecule has 0 unspecified atom stereocenters. The van der Waals surface area contributed by atoms with Crippen LogP contribution in [0.4, 0.5) is 15.3 Å². The number of ether oxygens (including phenoxy) is 2. The van der Waals surface area contributed by atoms with Crippen LogP contribution in [0.15, 0.2) is 30.5 Å². The van der Waals surface area contributed by atoms with Gasteiger partial charge in [-0.1, -0.05) is 18.2 Å². The van der Waals surface area contributed by atoms with Crippen molar-refractivity contribution in [1.29, 1.82) is 0 Å². The third-order valence-corrected chi connectivity index (χ3v) is 6.65. The topological polar surface area (TPSA) is 76.9 Å². The first-order chi connectivity index (χ1) is 17.2. The van der Waals surface area contributed by atoms with Gasteiger partial charge in [0.15, 0.2) is 0 Å². The van der Waals surface area contributed by atoms with Crippen molar-refractivity contribution < 1.29 is 19.1 Å². The van der Waals surface area contributed by atoms with Gasteiger partial charge in [0.25, 0.3) is 0 Å². The molecule has 1 heterocycles. The molecule has 4 rings (SSSR count). The number of hydrogen-bond acceptors (Lipinski definition) is 6. The zero-order chi connectivity index (χ0) is 27.1. The number of carbonyl (C=O) groups excluding carboxylic acids is 2. The molecular weight excluding hydrogens is 468 g/mol. The maximum Gasteiger partial charge on any atom is 0.419 e. The third kappa shape index (κ3) is 6.65. The molecule has 1 aromatic heterocycles. The molecular formula is C29H42N4O4. The molecule has 2 aromatic rings. The van der Waals surface area contributed by atoms with Crippen molar-refractivity contribution in [2.75, 3.05) is 25.5 Å². The van der Waals surface area contributed by atoms with Crippen molar-refractivity contribution in [3.05, 3.63) is 36.2 Å². The molecule has 0 atom stereocenters. The number of benzene rings is 1. The number of aromatic nitrogens is 2. The predicted molar refractivity (Wildman–Crippen MR) is 145 cm³/mol. The Morgan fingerprint density at radius 2 is 1.51 bits per heavy atom. The first kappa shape index (κ1) is 27.0. The van der Waals surface area contributed by atoms with Gasteiger partial charge in [0.05, 0.1) is 11.7 Å². The minimum Gasteiger partial charge on any atom is -0.443 e. The maximum absolute atomic E-state index is 12.9. The van der Waals surface area contributed by atoms with Crippen LogP contribution in [0.1, 0.15) is 84.9 Å². The fourth-order valence-electron chi connectivity index (χ4n) is 4.73. The summed E-state index contributed by atoms with van der Waals surface area (Å²) in [5.74, 6) is 0.688. The van der Waals surface area contributed by atoms with E-state index in [-0.39, 0.29) is 18.5 Å². The normalized spacial score (nSPS) is 19.7. The van der Waals surface area contributed by atoms with E-state index in [2.05, 4.69) is 54.1 Å². The van der Waals surface area contributed by atoms with Crippen molar-refractivity contribution in [1.82, 2.24) is 14.7 Å². The Kier molecular flexibility index (Phi) is 7.32. The molecule has 1 aromatic carbocycles. The summed E-state index contributed by atoms with van der Waals surface area (Å²) in [7, 11) is 4.13. The number of amides is 2. The van der Waals surface area contributed by atoms with Gasteiger partial charge in [-0.3, -0.25) is 4.68 Å². The van der Waals surface area contributed by atoms with E-state index < -0.39 is 23.4 Å². The van der Waals surface area contributed by atoms with Crippen LogP contribution in [0, 0.1) is 5.92 Å². The van der Waals surface area contributed by atoms with Gasteiger partial charge in [-0.2, -0.15) is 5.10 Å². The van der Waals surface area contributed by atoms with E-state index in [9.17, 15) is 9.59 Å². The highest BCUT2D eigenvalue weighted by atomic mass is 16.6. The Balaban J connectivity index is 1.49. The molecule has 2 fully saturated rings. The number of rotatable bonds is 6. The van der Waals surface area contributed by atoms with Crippen LogP contribution in [0.5, 0.6) is 0 Å². The second kappa shape index (κ2) is 10.0. The zero-order valence-electron chi connectivity index (χ0n) is 23.6. The Morgan fingerprint density at radius 3 is 2.03 bits per heavy atom. The Morgan fingerprint density at radius 1 is 0.946 bits per heavy atom. The van der Waals surface area contributed by atoms with Gasteiger partial charge in [0.1, 0.15) is 11.2 Å². The number of carbonyl (C=O) groups is 2. The monoisotopic (exact) mass is 510 g/mol. The van der Waals surface area contributed by atoms with Crippen molar-refractivity contribution >= 4 is 17.9 Å². The van der Waals surface area contributed by atoms with Gasteiger partial charge in [-0.05, 0) is 79.2 Å². The first-order valence-corrected chi connectivity index (χ1v) is 13.3. The molecule has 2 amide bonds. The summed E-state index contributed by atoms with van der Waals surface area (Å²) in [6.45, 7) is 11.0. The van der Waals surface area contributed by atoms with Crippen molar-refractivity contribution in [2.24, 2.45) is 5.92 Å². The third-order valence-electron chi connectivity index (χ3n) is 6.65. The van der Waals surface area contributed by atoms with E-state index in [1.165, 1.54) is 35.3 Å². The lowest BCUT2D eigenvalue weighted by molar-refractivity contribution is -0.00641. The lowest BCUT2D eigenvalue weighted by Crippen LogP contribution is -2.47. The molecule has 0 bridgehead atoms. The Hall–Kier alpha value is -3.03. The molecule has 0 radical (unpaired) electrons. The summed E-state index contributed by atoms with van der Waals surface area (Å²) in [4.78, 5) is 29.0.